The smallest absolute Gasteiger partial charge is 0.123 e. The maximum Gasteiger partial charge on any atom is 0.123 e. The SMILES string of the molecule is CC(C)(C)CSc1ccc(F)cc1. The standard InChI is InChI=1S/C11H15FS/c1-11(2,3)8-13-10-6-4-9(12)5-7-10/h4-7H,8H2,1-3H3. The number of benzene rings is 1. The first-order valence-electron chi connectivity index (χ1n) is 4.36. The molecule has 1 rings (SSSR count). The van der Waals surface area contributed by atoms with Crippen molar-refractivity contribution in [2.45, 2.75) is 25.7 Å². The van der Waals surface area contributed by atoms with Crippen LogP contribution in [0, 0.1) is 11.2 Å². The van der Waals surface area contributed by atoms with Gasteiger partial charge in [-0.1, -0.05) is 20.8 Å². The van der Waals surface area contributed by atoms with Crippen molar-refractivity contribution in [2.24, 2.45) is 5.41 Å². The molecule has 0 aliphatic rings. The summed E-state index contributed by atoms with van der Waals surface area (Å²) in [5.74, 6) is 0.888. The number of hydrogen-bond donors (Lipinski definition) is 0. The van der Waals surface area contributed by atoms with Crippen LogP contribution in [0.2, 0.25) is 0 Å². The molecular formula is C11H15FS. The van der Waals surface area contributed by atoms with Crippen molar-refractivity contribution in [3.05, 3.63) is 30.1 Å². The summed E-state index contributed by atoms with van der Waals surface area (Å²) >= 11 is 1.77. The van der Waals surface area contributed by atoms with Crippen molar-refractivity contribution < 1.29 is 4.39 Å². The van der Waals surface area contributed by atoms with E-state index in [2.05, 4.69) is 20.8 Å². The Morgan fingerprint density at radius 2 is 1.69 bits per heavy atom. The summed E-state index contributed by atoms with van der Waals surface area (Å²) in [6.07, 6.45) is 0. The summed E-state index contributed by atoms with van der Waals surface area (Å²) in [5, 5.41) is 0. The van der Waals surface area contributed by atoms with Crippen LogP contribution >= 0.6 is 11.8 Å². The largest absolute Gasteiger partial charge is 0.207 e. The molecule has 0 atom stereocenters. The molecule has 13 heavy (non-hydrogen) atoms. The first-order chi connectivity index (χ1) is 5.97. The van der Waals surface area contributed by atoms with Gasteiger partial charge >= 0.3 is 0 Å². The van der Waals surface area contributed by atoms with Gasteiger partial charge in [0.1, 0.15) is 5.82 Å². The van der Waals surface area contributed by atoms with Crippen molar-refractivity contribution >= 4 is 11.8 Å². The molecule has 0 unspecified atom stereocenters. The van der Waals surface area contributed by atoms with E-state index in [1.54, 1.807) is 11.8 Å². The van der Waals surface area contributed by atoms with Gasteiger partial charge in [0, 0.05) is 10.6 Å². The molecule has 0 bridgehead atoms. The highest BCUT2D eigenvalue weighted by Gasteiger charge is 2.10. The van der Waals surface area contributed by atoms with Crippen molar-refractivity contribution in [2.75, 3.05) is 5.75 Å². The molecule has 1 aromatic carbocycles. The Hall–Kier alpha value is -0.500. The van der Waals surface area contributed by atoms with Gasteiger partial charge < -0.3 is 0 Å². The van der Waals surface area contributed by atoms with Crippen LogP contribution in [0.3, 0.4) is 0 Å². The molecular weight excluding hydrogens is 183 g/mol. The quantitative estimate of drug-likeness (QED) is 0.648. The minimum Gasteiger partial charge on any atom is -0.207 e. The van der Waals surface area contributed by atoms with Crippen molar-refractivity contribution in [1.29, 1.82) is 0 Å². The van der Waals surface area contributed by atoms with Crippen molar-refractivity contribution in [3.63, 3.8) is 0 Å². The van der Waals surface area contributed by atoms with Crippen LogP contribution in [0.25, 0.3) is 0 Å². The molecule has 0 aliphatic heterocycles. The average Bonchev–Trinajstić information content (AvgIpc) is 2.02. The molecule has 0 heterocycles. The molecule has 0 nitrogen and oxygen atoms in total. The highest BCUT2D eigenvalue weighted by atomic mass is 32.2. The third kappa shape index (κ3) is 4.32. The summed E-state index contributed by atoms with van der Waals surface area (Å²) in [7, 11) is 0. The number of halogens is 1. The van der Waals surface area contributed by atoms with E-state index in [1.807, 2.05) is 12.1 Å². The van der Waals surface area contributed by atoms with Gasteiger partial charge in [-0.15, -0.1) is 11.8 Å². The van der Waals surface area contributed by atoms with E-state index >= 15 is 0 Å². The topological polar surface area (TPSA) is 0 Å². The Morgan fingerprint density at radius 3 is 2.15 bits per heavy atom. The Bertz CT molecular complexity index is 258. The van der Waals surface area contributed by atoms with E-state index < -0.39 is 0 Å². The minimum atomic E-state index is -0.167. The molecule has 0 fully saturated rings. The fourth-order valence-electron chi connectivity index (χ4n) is 0.831. The lowest BCUT2D eigenvalue weighted by Crippen LogP contribution is -2.07. The van der Waals surface area contributed by atoms with Crippen LogP contribution in [0.4, 0.5) is 4.39 Å². The first kappa shape index (κ1) is 10.6. The Labute approximate surface area is 83.5 Å². The predicted octanol–water partition coefficient (Wildman–Crippen LogP) is 3.96. The fourth-order valence-corrected chi connectivity index (χ4v) is 1.76. The second-order valence-corrected chi connectivity index (χ2v) is 5.35. The summed E-state index contributed by atoms with van der Waals surface area (Å²) in [6.45, 7) is 6.59. The van der Waals surface area contributed by atoms with Crippen molar-refractivity contribution in [1.82, 2.24) is 0 Å². The zero-order valence-corrected chi connectivity index (χ0v) is 9.12. The molecule has 0 aliphatic carbocycles. The maximum atomic E-state index is 12.6. The lowest BCUT2D eigenvalue weighted by atomic mass is 10.0. The van der Waals surface area contributed by atoms with Crippen LogP contribution in [-0.4, -0.2) is 5.75 Å². The van der Waals surface area contributed by atoms with Crippen LogP contribution in [0.1, 0.15) is 20.8 Å². The molecule has 0 N–H and O–H groups in total. The molecule has 0 saturated heterocycles. The monoisotopic (exact) mass is 198 g/mol. The van der Waals surface area contributed by atoms with Gasteiger partial charge in [0.2, 0.25) is 0 Å². The molecule has 0 amide bonds. The molecule has 0 saturated carbocycles. The lowest BCUT2D eigenvalue weighted by molar-refractivity contribution is 0.481. The molecule has 2 heteroatoms. The van der Waals surface area contributed by atoms with E-state index in [1.165, 1.54) is 12.1 Å². The third-order valence-corrected chi connectivity index (χ3v) is 3.10. The highest BCUT2D eigenvalue weighted by molar-refractivity contribution is 7.99. The van der Waals surface area contributed by atoms with E-state index in [9.17, 15) is 4.39 Å². The van der Waals surface area contributed by atoms with E-state index in [4.69, 9.17) is 0 Å². The third-order valence-electron chi connectivity index (χ3n) is 1.49. The number of rotatable bonds is 2. The summed E-state index contributed by atoms with van der Waals surface area (Å²) in [6, 6.07) is 6.66. The molecule has 0 aromatic heterocycles. The highest BCUT2D eigenvalue weighted by Crippen LogP contribution is 2.26. The van der Waals surface area contributed by atoms with Gasteiger partial charge in [-0.05, 0) is 29.7 Å². The normalized spacial score (nSPS) is 11.7. The number of thioether (sulfide) groups is 1. The van der Waals surface area contributed by atoms with Crippen LogP contribution in [-0.2, 0) is 0 Å². The average molecular weight is 198 g/mol. The lowest BCUT2D eigenvalue weighted by Gasteiger charge is -2.16. The molecule has 1 aromatic rings. The van der Waals surface area contributed by atoms with Crippen LogP contribution < -0.4 is 0 Å². The minimum absolute atomic E-state index is 0.167. The second-order valence-electron chi connectivity index (χ2n) is 4.30. The van der Waals surface area contributed by atoms with Crippen LogP contribution in [0.15, 0.2) is 29.2 Å². The Balaban J connectivity index is 2.51. The zero-order valence-electron chi connectivity index (χ0n) is 8.30. The van der Waals surface area contributed by atoms with Gasteiger partial charge in [-0.3, -0.25) is 0 Å². The Morgan fingerprint density at radius 1 is 1.15 bits per heavy atom. The maximum absolute atomic E-state index is 12.6. The molecule has 0 radical (unpaired) electrons. The first-order valence-corrected chi connectivity index (χ1v) is 5.34. The molecule has 72 valence electrons. The number of hydrogen-bond acceptors (Lipinski definition) is 1. The zero-order chi connectivity index (χ0) is 9.90. The van der Waals surface area contributed by atoms with E-state index in [-0.39, 0.29) is 5.82 Å². The van der Waals surface area contributed by atoms with Gasteiger partial charge in [0.15, 0.2) is 0 Å². The second kappa shape index (κ2) is 4.14. The van der Waals surface area contributed by atoms with Crippen molar-refractivity contribution in [3.8, 4) is 0 Å². The fraction of sp³-hybridized carbons (Fsp3) is 0.455. The predicted molar refractivity (Wildman–Crippen MR) is 56.6 cm³/mol. The Kier molecular flexibility index (Phi) is 3.37. The van der Waals surface area contributed by atoms with Gasteiger partial charge in [0.25, 0.3) is 0 Å². The summed E-state index contributed by atoms with van der Waals surface area (Å²) in [4.78, 5) is 1.14. The van der Waals surface area contributed by atoms with Crippen LogP contribution in [0.5, 0.6) is 0 Å². The summed E-state index contributed by atoms with van der Waals surface area (Å²) < 4.78 is 12.6. The summed E-state index contributed by atoms with van der Waals surface area (Å²) in [5.41, 5.74) is 0.319. The van der Waals surface area contributed by atoms with Gasteiger partial charge in [-0.2, -0.15) is 0 Å². The van der Waals surface area contributed by atoms with Gasteiger partial charge in [0.05, 0.1) is 0 Å². The van der Waals surface area contributed by atoms with E-state index in [0.717, 1.165) is 10.6 Å². The molecule has 0 spiro atoms. The van der Waals surface area contributed by atoms with Gasteiger partial charge in [-0.25, -0.2) is 4.39 Å². The van der Waals surface area contributed by atoms with E-state index in [0.29, 0.717) is 5.41 Å².